The minimum Gasteiger partial charge on any atom is -0.366 e. The molecule has 0 spiro atoms. The van der Waals surface area contributed by atoms with Gasteiger partial charge in [0.1, 0.15) is 0 Å². The number of carbonyl (C=O) groups excluding carboxylic acids is 3. The maximum Gasteiger partial charge on any atom is 0.251 e. The van der Waals surface area contributed by atoms with Crippen molar-refractivity contribution in [3.8, 4) is 0 Å². The van der Waals surface area contributed by atoms with Gasteiger partial charge in [-0.25, -0.2) is 0 Å². The van der Waals surface area contributed by atoms with Crippen LogP contribution in [0.25, 0.3) is 0 Å². The van der Waals surface area contributed by atoms with Crippen LogP contribution in [-0.2, 0) is 22.6 Å². The largest absolute Gasteiger partial charge is 0.366 e. The SMILES string of the molecule is CC(=O)Nc1ccc2c(c1)CC(C(=O)NCCNC(=O)c1ccncc1)C1C3CC(CN21)Cn1c3cccc1=O. The number of anilines is 2. The third-order valence-corrected chi connectivity index (χ3v) is 8.27. The first kappa shape index (κ1) is 25.8. The molecule has 0 saturated carbocycles. The fourth-order valence-corrected chi connectivity index (χ4v) is 6.70. The lowest BCUT2D eigenvalue weighted by Crippen LogP contribution is -2.60. The van der Waals surface area contributed by atoms with Crippen LogP contribution in [0.3, 0.4) is 0 Å². The van der Waals surface area contributed by atoms with Crippen molar-refractivity contribution in [2.75, 3.05) is 29.9 Å². The Kier molecular flexibility index (Phi) is 6.83. The normalized spacial score (nSPS) is 22.3. The van der Waals surface area contributed by atoms with Gasteiger partial charge in [-0.3, -0.25) is 24.2 Å². The molecule has 10 heteroatoms. The van der Waals surface area contributed by atoms with Crippen LogP contribution in [0, 0.1) is 11.8 Å². The summed E-state index contributed by atoms with van der Waals surface area (Å²) in [6, 6.07) is 14.5. The van der Waals surface area contributed by atoms with E-state index in [-0.39, 0.29) is 41.2 Å². The van der Waals surface area contributed by atoms with E-state index in [1.807, 2.05) is 34.9 Å². The number of pyridine rings is 2. The molecule has 6 rings (SSSR count). The van der Waals surface area contributed by atoms with E-state index in [1.165, 1.54) is 6.92 Å². The molecule has 4 atom stereocenters. The number of carbonyl (C=O) groups is 3. The number of piperidine rings is 1. The average Bonchev–Trinajstić information content (AvgIpc) is 2.95. The number of nitrogens with one attached hydrogen (secondary N) is 3. The summed E-state index contributed by atoms with van der Waals surface area (Å²) in [5, 5.41) is 8.74. The second kappa shape index (κ2) is 10.6. The van der Waals surface area contributed by atoms with E-state index in [2.05, 4.69) is 25.8 Å². The number of fused-ring (bicyclic) bond motifs is 8. The molecule has 40 heavy (non-hydrogen) atoms. The predicted molar refractivity (Wildman–Crippen MR) is 150 cm³/mol. The highest BCUT2D eigenvalue weighted by Crippen LogP contribution is 2.48. The number of aromatic nitrogens is 2. The summed E-state index contributed by atoms with van der Waals surface area (Å²) in [5.41, 5.74) is 4.30. The summed E-state index contributed by atoms with van der Waals surface area (Å²) in [7, 11) is 0. The molecule has 3 aromatic rings. The lowest BCUT2D eigenvalue weighted by atomic mass is 9.69. The number of benzene rings is 1. The van der Waals surface area contributed by atoms with E-state index in [1.54, 1.807) is 30.6 Å². The van der Waals surface area contributed by atoms with Crippen molar-refractivity contribution in [3.63, 3.8) is 0 Å². The van der Waals surface area contributed by atoms with Crippen LogP contribution in [0.15, 0.2) is 65.7 Å². The molecule has 1 saturated heterocycles. The van der Waals surface area contributed by atoms with Crippen LogP contribution in [0.1, 0.15) is 40.9 Å². The molecule has 3 aliphatic rings. The average molecular weight is 541 g/mol. The fraction of sp³-hybridized carbons (Fsp3) is 0.367. The highest BCUT2D eigenvalue weighted by Gasteiger charge is 2.49. The molecule has 2 bridgehead atoms. The number of amides is 3. The number of rotatable bonds is 6. The molecule has 0 radical (unpaired) electrons. The van der Waals surface area contributed by atoms with E-state index < -0.39 is 0 Å². The second-order valence-corrected chi connectivity index (χ2v) is 10.9. The van der Waals surface area contributed by atoms with E-state index in [9.17, 15) is 19.2 Å². The summed E-state index contributed by atoms with van der Waals surface area (Å²) >= 11 is 0. The van der Waals surface area contributed by atoms with Crippen LogP contribution in [0.2, 0.25) is 0 Å². The van der Waals surface area contributed by atoms with Crippen molar-refractivity contribution in [2.24, 2.45) is 11.8 Å². The smallest absolute Gasteiger partial charge is 0.251 e. The van der Waals surface area contributed by atoms with Gasteiger partial charge < -0.3 is 25.4 Å². The third kappa shape index (κ3) is 4.85. The zero-order valence-corrected chi connectivity index (χ0v) is 22.3. The highest BCUT2D eigenvalue weighted by molar-refractivity contribution is 5.94. The van der Waals surface area contributed by atoms with Crippen LogP contribution in [0.4, 0.5) is 11.4 Å². The first-order valence-electron chi connectivity index (χ1n) is 13.7. The lowest BCUT2D eigenvalue weighted by Gasteiger charge is -2.54. The van der Waals surface area contributed by atoms with E-state index >= 15 is 0 Å². The monoisotopic (exact) mass is 540 g/mol. The Hall–Kier alpha value is -4.47. The van der Waals surface area contributed by atoms with Gasteiger partial charge in [-0.1, -0.05) is 6.07 Å². The molecule has 10 nitrogen and oxygen atoms in total. The first-order valence-corrected chi connectivity index (χ1v) is 13.7. The predicted octanol–water partition coefficient (Wildman–Crippen LogP) is 1.91. The Bertz CT molecular complexity index is 1520. The Morgan fingerprint density at radius 2 is 1.80 bits per heavy atom. The third-order valence-electron chi connectivity index (χ3n) is 8.27. The van der Waals surface area contributed by atoms with Gasteiger partial charge >= 0.3 is 0 Å². The summed E-state index contributed by atoms with van der Waals surface area (Å²) in [5.74, 6) is -0.496. The zero-order valence-electron chi connectivity index (χ0n) is 22.3. The Morgan fingerprint density at radius 3 is 2.60 bits per heavy atom. The summed E-state index contributed by atoms with van der Waals surface area (Å²) in [6.45, 7) is 3.48. The number of hydrogen-bond donors (Lipinski definition) is 3. The minimum absolute atomic E-state index is 0.00255. The van der Waals surface area contributed by atoms with E-state index in [0.717, 1.165) is 29.9 Å². The second-order valence-electron chi connectivity index (χ2n) is 10.9. The molecular formula is C30H32N6O4. The molecule has 3 N–H and O–H groups in total. The van der Waals surface area contributed by atoms with Crippen LogP contribution in [-0.4, -0.2) is 52.9 Å². The van der Waals surface area contributed by atoms with Gasteiger partial charge in [-0.05, 0) is 60.7 Å². The summed E-state index contributed by atoms with van der Waals surface area (Å²) < 4.78 is 1.88. The van der Waals surface area contributed by atoms with Gasteiger partial charge in [-0.15, -0.1) is 0 Å². The van der Waals surface area contributed by atoms with Gasteiger partial charge in [-0.2, -0.15) is 0 Å². The maximum absolute atomic E-state index is 13.8. The van der Waals surface area contributed by atoms with Crippen LogP contribution < -0.4 is 26.4 Å². The van der Waals surface area contributed by atoms with E-state index in [0.29, 0.717) is 43.2 Å². The molecule has 206 valence electrons. The quantitative estimate of drug-likeness (QED) is 0.410. The van der Waals surface area contributed by atoms with Gasteiger partial charge in [0.2, 0.25) is 11.8 Å². The molecule has 4 unspecified atom stereocenters. The summed E-state index contributed by atoms with van der Waals surface area (Å²) in [6.07, 6.45) is 4.56. The first-order chi connectivity index (χ1) is 19.4. The van der Waals surface area contributed by atoms with Crippen molar-refractivity contribution in [1.82, 2.24) is 20.2 Å². The van der Waals surface area contributed by atoms with Gasteiger partial charge in [0.05, 0.1) is 5.92 Å². The fourth-order valence-electron chi connectivity index (χ4n) is 6.70. The molecule has 2 aromatic heterocycles. The molecule has 1 aromatic carbocycles. The minimum atomic E-state index is -0.371. The van der Waals surface area contributed by atoms with Crippen LogP contribution >= 0.6 is 0 Å². The zero-order chi connectivity index (χ0) is 27.8. The van der Waals surface area contributed by atoms with Crippen molar-refractivity contribution >= 4 is 29.1 Å². The van der Waals surface area contributed by atoms with Crippen molar-refractivity contribution in [2.45, 2.75) is 38.3 Å². The van der Waals surface area contributed by atoms with Gasteiger partial charge in [0.15, 0.2) is 0 Å². The molecule has 0 aliphatic carbocycles. The van der Waals surface area contributed by atoms with Gasteiger partial charge in [0.25, 0.3) is 11.5 Å². The lowest BCUT2D eigenvalue weighted by molar-refractivity contribution is -0.126. The Labute approximate surface area is 231 Å². The molecular weight excluding hydrogens is 508 g/mol. The van der Waals surface area contributed by atoms with E-state index in [4.69, 9.17) is 0 Å². The number of nitrogens with zero attached hydrogens (tertiary/aromatic N) is 3. The number of hydrogen-bond acceptors (Lipinski definition) is 6. The molecule has 3 amide bonds. The highest BCUT2D eigenvalue weighted by atomic mass is 16.2. The topological polar surface area (TPSA) is 125 Å². The Balaban J connectivity index is 1.26. The standard InChI is InChI=1S/C30H32N6O4/c1-18(37)34-22-5-6-25-21(14-22)15-24(30(40)33-12-11-32-29(39)20-7-9-31-10-8-20)28-23-13-19(17-36(25)28)16-35-26(23)3-2-4-27(35)38/h2-10,14,19,23-24,28H,11-13,15-17H2,1H3,(H,32,39)(H,33,40)(H,34,37). The molecule has 3 aliphatic heterocycles. The van der Waals surface area contributed by atoms with Gasteiger partial charge in [0, 0.05) is 86.2 Å². The van der Waals surface area contributed by atoms with Crippen molar-refractivity contribution < 1.29 is 14.4 Å². The van der Waals surface area contributed by atoms with Crippen molar-refractivity contribution in [3.05, 3.63) is 88.1 Å². The Morgan fingerprint density at radius 1 is 1.00 bits per heavy atom. The van der Waals surface area contributed by atoms with Crippen LogP contribution in [0.5, 0.6) is 0 Å². The molecule has 1 fully saturated rings. The summed E-state index contributed by atoms with van der Waals surface area (Å²) in [4.78, 5) is 56.9. The van der Waals surface area contributed by atoms with Crippen molar-refractivity contribution in [1.29, 1.82) is 0 Å². The maximum atomic E-state index is 13.8. The molecule has 5 heterocycles.